The van der Waals surface area contributed by atoms with Gasteiger partial charge in [-0.25, -0.2) is 0 Å². The monoisotopic (exact) mass is 556 g/mol. The van der Waals surface area contributed by atoms with Crippen LogP contribution in [0.25, 0.3) is 0 Å². The fourth-order valence-electron chi connectivity index (χ4n) is 1.31. The Kier molecular flexibility index (Phi) is 46.7. The molecule has 0 bridgehead atoms. The van der Waals surface area contributed by atoms with Crippen molar-refractivity contribution in [2.45, 2.75) is 41.5 Å². The number of aliphatic carboxylic acids is 2. The second kappa shape index (κ2) is 33.9. The molecule has 0 saturated carbocycles. The third kappa shape index (κ3) is 79.4. The Morgan fingerprint density at radius 1 is 0.656 bits per heavy atom. The third-order valence-corrected chi connectivity index (χ3v) is 2.14. The van der Waals surface area contributed by atoms with E-state index >= 15 is 0 Å². The summed E-state index contributed by atoms with van der Waals surface area (Å²) in [6.07, 6.45) is 3.02. The van der Waals surface area contributed by atoms with Gasteiger partial charge in [-0.1, -0.05) is 26.0 Å². The van der Waals surface area contributed by atoms with Gasteiger partial charge in [-0.05, 0) is 27.7 Å². The van der Waals surface area contributed by atoms with Gasteiger partial charge in [-0.2, -0.15) is 0 Å². The number of methoxy groups -OCH3 is 2. The van der Waals surface area contributed by atoms with E-state index in [4.69, 9.17) is 29.3 Å². The van der Waals surface area contributed by atoms with E-state index in [-0.39, 0.29) is 45.7 Å². The molecule has 194 valence electrons. The molecule has 0 heterocycles. The predicted molar refractivity (Wildman–Crippen MR) is 109 cm³/mol. The summed E-state index contributed by atoms with van der Waals surface area (Å²) in [5, 5.41) is 38.8. The molecule has 0 aliphatic heterocycles. The van der Waals surface area contributed by atoms with Gasteiger partial charge in [0.1, 0.15) is 0 Å². The second-order valence-electron chi connectivity index (χ2n) is 5.52. The zero-order valence-electron chi connectivity index (χ0n) is 19.7. The Balaban J connectivity index is -0.0000000758. The number of nitrogens with zero attached hydrogens (tertiary/aromatic N) is 2. The van der Waals surface area contributed by atoms with Crippen molar-refractivity contribution in [3.05, 3.63) is 23.7 Å². The number of aliphatic imine (C=N–C) groups is 2. The first-order valence-electron chi connectivity index (χ1n) is 8.85. The van der Waals surface area contributed by atoms with Crippen LogP contribution < -0.4 is 20.4 Å². The molecule has 2 radical (unpaired) electrons. The Morgan fingerprint density at radius 2 is 0.875 bits per heavy atom. The summed E-state index contributed by atoms with van der Waals surface area (Å²) in [4.78, 5) is 25.9. The van der Waals surface area contributed by atoms with Crippen molar-refractivity contribution in [2.75, 3.05) is 40.5 Å². The van der Waals surface area contributed by atoms with E-state index in [0.29, 0.717) is 26.3 Å². The maximum atomic E-state index is 10.5. The van der Waals surface area contributed by atoms with Crippen LogP contribution in [0.1, 0.15) is 41.5 Å². The summed E-state index contributed by atoms with van der Waals surface area (Å²) in [7, 11) is 3.25. The van der Waals surface area contributed by atoms with Crippen LogP contribution in [-0.2, 0) is 53.2 Å². The van der Waals surface area contributed by atoms with E-state index in [2.05, 4.69) is 9.98 Å². The first-order chi connectivity index (χ1) is 13.8. The van der Waals surface area contributed by atoms with E-state index in [1.165, 1.54) is 26.0 Å². The van der Waals surface area contributed by atoms with Gasteiger partial charge in [0.2, 0.25) is 0 Å². The fourth-order valence-corrected chi connectivity index (χ4v) is 1.31. The molecular formula is C20H34Cu2N2O8. The molecular weight excluding hydrogens is 523 g/mol. The number of hydrogen-bond acceptors (Lipinski definition) is 10. The van der Waals surface area contributed by atoms with E-state index in [9.17, 15) is 10.2 Å². The first kappa shape index (κ1) is 44.1. The minimum absolute atomic E-state index is 0. The van der Waals surface area contributed by atoms with Gasteiger partial charge >= 0.3 is 34.1 Å². The topological polar surface area (TPSA) is 170 Å². The second-order valence-corrected chi connectivity index (χ2v) is 5.52. The number of carbonyl (C=O) groups excluding carboxylic acids is 2. The van der Waals surface area contributed by atoms with Crippen molar-refractivity contribution in [2.24, 2.45) is 9.98 Å². The maximum Gasteiger partial charge on any atom is 2.00 e. The summed E-state index contributed by atoms with van der Waals surface area (Å²) < 4.78 is 9.58. The molecule has 0 fully saturated rings. The average Bonchev–Trinajstić information content (AvgIpc) is 2.53. The first-order valence-corrected chi connectivity index (χ1v) is 8.85. The molecule has 12 heteroatoms. The number of carboxylic acid groups (broad SMARTS) is 2. The van der Waals surface area contributed by atoms with Gasteiger partial charge in [-0.3, -0.25) is 9.98 Å². The molecule has 0 spiro atoms. The third-order valence-electron chi connectivity index (χ3n) is 2.14. The molecule has 0 unspecified atom stereocenters. The molecule has 0 aliphatic carbocycles. The van der Waals surface area contributed by atoms with Crippen molar-refractivity contribution < 1.29 is 73.6 Å². The zero-order chi connectivity index (χ0) is 24.5. The number of ether oxygens (including phenoxy) is 2. The van der Waals surface area contributed by atoms with Gasteiger partial charge in [0.05, 0.1) is 26.3 Å². The van der Waals surface area contributed by atoms with Crippen LogP contribution in [0.5, 0.6) is 0 Å². The minimum Gasteiger partial charge on any atom is -0.876 e. The van der Waals surface area contributed by atoms with Crippen molar-refractivity contribution >= 4 is 23.4 Å². The smallest absolute Gasteiger partial charge is 0.876 e. The molecule has 32 heavy (non-hydrogen) atoms. The normalized spacial score (nSPS) is 11.0. The number of allylic oxidation sites excluding steroid dienone is 4. The standard InChI is InChI=1S/2C8H15NO2.2C2H4O2.2Cu/c2*1-7(6-8(2)10)9-4-5-11-3;2*1-2(3)4;;/h2*6,10H,4-5H2,1-3H3;2*1H3,(H,3,4);;/q;;;;2*+2/p-4/b2*8-6-,9-7?;;;;. The van der Waals surface area contributed by atoms with E-state index in [1.54, 1.807) is 28.1 Å². The van der Waals surface area contributed by atoms with E-state index in [1.807, 2.05) is 0 Å². The molecule has 0 atom stereocenters. The summed E-state index contributed by atoms with van der Waals surface area (Å²) in [5.74, 6) is -2.10. The Hall–Kier alpha value is -1.68. The fraction of sp³-hybridized carbons (Fsp3) is 0.600. The maximum absolute atomic E-state index is 10.5. The van der Waals surface area contributed by atoms with Crippen LogP contribution in [0, 0.1) is 0 Å². The van der Waals surface area contributed by atoms with Gasteiger partial charge < -0.3 is 39.5 Å². The van der Waals surface area contributed by atoms with E-state index in [0.717, 1.165) is 25.3 Å². The summed E-state index contributed by atoms with van der Waals surface area (Å²) in [6, 6.07) is 0. The van der Waals surface area contributed by atoms with Gasteiger partial charge in [0.15, 0.2) is 0 Å². The molecule has 0 aromatic heterocycles. The molecule has 0 saturated heterocycles. The number of carbonyl (C=O) groups is 2. The molecule has 0 aromatic rings. The number of hydrogen-bond donors (Lipinski definition) is 0. The molecule has 0 aliphatic rings. The molecule has 0 N–H and O–H groups in total. The summed E-state index contributed by atoms with van der Waals surface area (Å²) >= 11 is 0. The molecule has 0 aromatic carbocycles. The zero-order valence-corrected chi connectivity index (χ0v) is 21.6. The Bertz CT molecular complexity index is 512. The molecule has 10 nitrogen and oxygen atoms in total. The van der Waals surface area contributed by atoms with Crippen LogP contribution in [0.4, 0.5) is 0 Å². The van der Waals surface area contributed by atoms with Crippen molar-refractivity contribution in [3.63, 3.8) is 0 Å². The number of carboxylic acids is 2. The molecule has 0 rings (SSSR count). The quantitative estimate of drug-likeness (QED) is 0.146. The van der Waals surface area contributed by atoms with Crippen LogP contribution >= 0.6 is 0 Å². The minimum atomic E-state index is -1.08. The Labute approximate surface area is 212 Å². The van der Waals surface area contributed by atoms with Crippen LogP contribution in [0.15, 0.2) is 33.7 Å². The summed E-state index contributed by atoms with van der Waals surface area (Å²) in [5.41, 5.74) is 1.52. The Morgan fingerprint density at radius 3 is 1.03 bits per heavy atom. The van der Waals surface area contributed by atoms with Crippen molar-refractivity contribution in [1.82, 2.24) is 0 Å². The average molecular weight is 558 g/mol. The van der Waals surface area contributed by atoms with Gasteiger partial charge in [0, 0.05) is 37.6 Å². The van der Waals surface area contributed by atoms with Gasteiger partial charge in [-0.15, -0.1) is 11.5 Å². The van der Waals surface area contributed by atoms with Crippen molar-refractivity contribution in [3.8, 4) is 0 Å². The van der Waals surface area contributed by atoms with Crippen molar-refractivity contribution in [1.29, 1.82) is 0 Å². The van der Waals surface area contributed by atoms with Crippen LogP contribution in [0.3, 0.4) is 0 Å². The van der Waals surface area contributed by atoms with E-state index < -0.39 is 11.9 Å². The molecule has 0 amide bonds. The van der Waals surface area contributed by atoms with Gasteiger partial charge in [0.25, 0.3) is 0 Å². The largest absolute Gasteiger partial charge is 2.00 e. The number of rotatable bonds is 8. The SMILES string of the molecule is CC(=O)[O-].CC(=O)[O-].COCCN=C(C)/C=C(/C)[O-].COCCN=C(C)/C=C(/C)[O-].[Cu+2].[Cu+2]. The van der Waals surface area contributed by atoms with Crippen LogP contribution in [0.2, 0.25) is 0 Å². The van der Waals surface area contributed by atoms with Crippen LogP contribution in [-0.4, -0.2) is 63.9 Å². The predicted octanol–water partition coefficient (Wildman–Crippen LogP) is -1.78. The summed E-state index contributed by atoms with van der Waals surface area (Å²) in [6.45, 7) is 11.0.